The molecule has 0 saturated carbocycles. The number of nitrogens with two attached hydrogens (primary N) is 1. The van der Waals surface area contributed by atoms with E-state index < -0.39 is 5.91 Å². The maximum Gasteiger partial charge on any atom is 0.328 e. The van der Waals surface area contributed by atoms with E-state index in [1.165, 1.54) is 0 Å². The van der Waals surface area contributed by atoms with E-state index in [4.69, 9.17) is 22.1 Å². The van der Waals surface area contributed by atoms with Crippen LogP contribution in [0.5, 0.6) is 11.8 Å². The van der Waals surface area contributed by atoms with Crippen molar-refractivity contribution in [3.63, 3.8) is 0 Å². The maximum atomic E-state index is 11.3. The van der Waals surface area contributed by atoms with Crippen LogP contribution in [0.15, 0.2) is 24.3 Å². The number of rotatable bonds is 5. The van der Waals surface area contributed by atoms with E-state index in [1.54, 1.807) is 24.3 Å². The number of aromatic nitrogens is 3. The number of ether oxygens (including phenoxy) is 1. The Balaban J connectivity index is 2.32. The number of para-hydroxylation sites is 1. The van der Waals surface area contributed by atoms with Gasteiger partial charge in [-0.15, -0.1) is 0 Å². The Bertz CT molecular complexity index is 635. The van der Waals surface area contributed by atoms with Gasteiger partial charge < -0.3 is 15.8 Å². The van der Waals surface area contributed by atoms with Gasteiger partial charge in [0.25, 0.3) is 5.91 Å². The van der Waals surface area contributed by atoms with Crippen LogP contribution < -0.4 is 15.8 Å². The Hall–Kier alpha value is -2.41. The molecule has 2 aromatic rings. The second-order valence-corrected chi connectivity index (χ2v) is 4.04. The molecular weight excluding hydrogens is 282 g/mol. The van der Waals surface area contributed by atoms with Gasteiger partial charge in [-0.25, -0.2) is 0 Å². The number of nitrogens with one attached hydrogen (secondary N) is 1. The molecule has 0 aliphatic rings. The zero-order valence-corrected chi connectivity index (χ0v) is 11.4. The number of anilines is 1. The monoisotopic (exact) mass is 293 g/mol. The van der Waals surface area contributed by atoms with Crippen LogP contribution in [-0.2, 0) is 0 Å². The van der Waals surface area contributed by atoms with Crippen molar-refractivity contribution < 1.29 is 9.53 Å². The van der Waals surface area contributed by atoms with Crippen molar-refractivity contribution in [2.24, 2.45) is 5.73 Å². The van der Waals surface area contributed by atoms with Crippen LogP contribution in [0.4, 0.5) is 5.95 Å². The fraction of sp³-hybridized carbons (Fsp3) is 0.167. The Labute approximate surface area is 120 Å². The van der Waals surface area contributed by atoms with Gasteiger partial charge in [0.2, 0.25) is 11.2 Å². The minimum atomic E-state index is -0.604. The van der Waals surface area contributed by atoms with E-state index in [0.29, 0.717) is 12.5 Å². The normalized spacial score (nSPS) is 10.1. The molecule has 1 aromatic carbocycles. The summed E-state index contributed by atoms with van der Waals surface area (Å²) >= 11 is 5.78. The van der Waals surface area contributed by atoms with Crippen molar-refractivity contribution in [1.82, 2.24) is 15.0 Å². The molecule has 0 aliphatic heterocycles. The lowest BCUT2D eigenvalue weighted by atomic mass is 10.2. The molecule has 0 fully saturated rings. The number of hydrogen-bond acceptors (Lipinski definition) is 6. The number of amides is 1. The summed E-state index contributed by atoms with van der Waals surface area (Å²) in [5.74, 6) is -0.0589. The highest BCUT2D eigenvalue weighted by atomic mass is 35.5. The minimum Gasteiger partial charge on any atom is -0.423 e. The lowest BCUT2D eigenvalue weighted by Gasteiger charge is -2.08. The summed E-state index contributed by atoms with van der Waals surface area (Å²) in [5.41, 5.74) is 5.50. The number of carbonyl (C=O) groups is 1. The SMILES string of the molecule is CCNc1nc(Cl)nc(Oc2ccccc2C(N)=O)n1. The number of nitrogens with zero attached hydrogens (tertiary/aromatic N) is 3. The Morgan fingerprint density at radius 1 is 1.35 bits per heavy atom. The lowest BCUT2D eigenvalue weighted by Crippen LogP contribution is -2.12. The largest absolute Gasteiger partial charge is 0.423 e. The summed E-state index contributed by atoms with van der Waals surface area (Å²) in [4.78, 5) is 23.0. The maximum absolute atomic E-state index is 11.3. The first-order valence-electron chi connectivity index (χ1n) is 5.82. The molecule has 8 heteroatoms. The first kappa shape index (κ1) is 14.0. The summed E-state index contributed by atoms with van der Waals surface area (Å²) < 4.78 is 5.45. The van der Waals surface area contributed by atoms with Crippen LogP contribution in [0.25, 0.3) is 0 Å². The standard InChI is InChI=1S/C12H12ClN5O2/c1-2-15-11-16-10(13)17-12(18-11)20-8-6-4-3-5-7(8)9(14)19/h3-6H,2H2,1H3,(H2,14,19)(H,15,16,17,18). The van der Waals surface area contributed by atoms with Gasteiger partial charge in [-0.05, 0) is 30.7 Å². The quantitative estimate of drug-likeness (QED) is 0.872. The fourth-order valence-electron chi connectivity index (χ4n) is 1.47. The van der Waals surface area contributed by atoms with Gasteiger partial charge in [0.05, 0.1) is 5.56 Å². The zero-order chi connectivity index (χ0) is 14.5. The van der Waals surface area contributed by atoms with Crippen LogP contribution in [0, 0.1) is 0 Å². The van der Waals surface area contributed by atoms with Gasteiger partial charge >= 0.3 is 6.01 Å². The summed E-state index contributed by atoms with van der Waals surface area (Å²) in [6, 6.07) is 6.50. The summed E-state index contributed by atoms with van der Waals surface area (Å²) in [7, 11) is 0. The van der Waals surface area contributed by atoms with Crippen LogP contribution >= 0.6 is 11.6 Å². The molecule has 1 amide bonds. The molecule has 0 unspecified atom stereocenters. The van der Waals surface area contributed by atoms with E-state index in [1.807, 2.05) is 6.92 Å². The molecule has 0 saturated heterocycles. The highest BCUT2D eigenvalue weighted by molar-refractivity contribution is 6.28. The zero-order valence-electron chi connectivity index (χ0n) is 10.6. The number of benzene rings is 1. The van der Waals surface area contributed by atoms with Gasteiger partial charge in [0.15, 0.2) is 0 Å². The van der Waals surface area contributed by atoms with Gasteiger partial charge in [-0.1, -0.05) is 12.1 Å². The van der Waals surface area contributed by atoms with E-state index in [2.05, 4.69) is 20.3 Å². The second kappa shape index (κ2) is 6.16. The van der Waals surface area contributed by atoms with Gasteiger partial charge in [-0.3, -0.25) is 4.79 Å². The number of hydrogen-bond donors (Lipinski definition) is 2. The van der Waals surface area contributed by atoms with E-state index >= 15 is 0 Å². The molecule has 0 bridgehead atoms. The number of carbonyl (C=O) groups excluding carboxylic acids is 1. The summed E-state index contributed by atoms with van der Waals surface area (Å²) in [6.45, 7) is 2.51. The Morgan fingerprint density at radius 2 is 2.10 bits per heavy atom. The molecule has 2 rings (SSSR count). The predicted octanol–water partition coefficient (Wildman–Crippen LogP) is 1.85. The third-order valence-corrected chi connectivity index (χ3v) is 2.45. The molecule has 0 spiro atoms. The highest BCUT2D eigenvalue weighted by Crippen LogP contribution is 2.23. The van der Waals surface area contributed by atoms with Gasteiger partial charge in [-0.2, -0.15) is 15.0 Å². The van der Waals surface area contributed by atoms with Crippen molar-refractivity contribution in [2.75, 3.05) is 11.9 Å². The van der Waals surface area contributed by atoms with E-state index in [0.717, 1.165) is 0 Å². The fourth-order valence-corrected chi connectivity index (χ4v) is 1.62. The molecule has 3 N–H and O–H groups in total. The molecule has 0 aliphatic carbocycles. The third-order valence-electron chi connectivity index (χ3n) is 2.28. The molecule has 7 nitrogen and oxygen atoms in total. The smallest absolute Gasteiger partial charge is 0.328 e. The van der Waals surface area contributed by atoms with Crippen molar-refractivity contribution in [1.29, 1.82) is 0 Å². The predicted molar refractivity (Wildman–Crippen MR) is 74.0 cm³/mol. The Morgan fingerprint density at radius 3 is 2.80 bits per heavy atom. The topological polar surface area (TPSA) is 103 Å². The number of halogens is 1. The molecule has 0 atom stereocenters. The molecule has 20 heavy (non-hydrogen) atoms. The molecule has 104 valence electrons. The van der Waals surface area contributed by atoms with Crippen LogP contribution in [0.2, 0.25) is 5.28 Å². The second-order valence-electron chi connectivity index (χ2n) is 3.70. The van der Waals surface area contributed by atoms with Crippen LogP contribution in [0.1, 0.15) is 17.3 Å². The first-order chi connectivity index (χ1) is 9.60. The highest BCUT2D eigenvalue weighted by Gasteiger charge is 2.12. The minimum absolute atomic E-state index is 0.0116. The van der Waals surface area contributed by atoms with E-state index in [9.17, 15) is 4.79 Å². The van der Waals surface area contributed by atoms with Crippen LogP contribution in [-0.4, -0.2) is 27.4 Å². The molecular formula is C12H12ClN5O2. The summed E-state index contributed by atoms with van der Waals surface area (Å²) in [6.07, 6.45) is 0. The average molecular weight is 294 g/mol. The van der Waals surface area contributed by atoms with Crippen molar-refractivity contribution in [3.8, 4) is 11.8 Å². The number of primary amides is 1. The molecule has 1 aromatic heterocycles. The lowest BCUT2D eigenvalue weighted by molar-refractivity contribution is 0.0998. The molecule has 1 heterocycles. The first-order valence-corrected chi connectivity index (χ1v) is 6.20. The van der Waals surface area contributed by atoms with Crippen LogP contribution in [0.3, 0.4) is 0 Å². The Kier molecular flexibility index (Phi) is 4.31. The van der Waals surface area contributed by atoms with Crippen molar-refractivity contribution >= 4 is 23.5 Å². The molecule has 0 radical (unpaired) electrons. The average Bonchev–Trinajstić information content (AvgIpc) is 2.38. The third kappa shape index (κ3) is 3.33. The summed E-state index contributed by atoms with van der Waals surface area (Å²) in [5, 5.41) is 2.88. The van der Waals surface area contributed by atoms with Gasteiger partial charge in [0.1, 0.15) is 5.75 Å². The van der Waals surface area contributed by atoms with Crippen molar-refractivity contribution in [2.45, 2.75) is 6.92 Å². The van der Waals surface area contributed by atoms with Crippen molar-refractivity contribution in [3.05, 3.63) is 35.1 Å². The van der Waals surface area contributed by atoms with E-state index in [-0.39, 0.29) is 22.6 Å². The van der Waals surface area contributed by atoms with Gasteiger partial charge in [0, 0.05) is 6.54 Å².